The molecule has 0 spiro atoms. The quantitative estimate of drug-likeness (QED) is 0.765. The van der Waals surface area contributed by atoms with Crippen LogP contribution in [0.15, 0.2) is 24.3 Å². The van der Waals surface area contributed by atoms with Gasteiger partial charge in [-0.25, -0.2) is 4.79 Å². The second kappa shape index (κ2) is 8.34. The molecular weight excluding hydrogens is 318 g/mol. The van der Waals surface area contributed by atoms with Crippen LogP contribution in [0.2, 0.25) is 0 Å². The van der Waals surface area contributed by atoms with Gasteiger partial charge in [0.05, 0.1) is 0 Å². The molecule has 1 aromatic carbocycles. The minimum atomic E-state index is -0.488. The highest BCUT2D eigenvalue weighted by atomic mass is 16.6. The largest absolute Gasteiger partial charge is 0.444 e. The van der Waals surface area contributed by atoms with Gasteiger partial charge in [0.2, 0.25) is 0 Å². The lowest BCUT2D eigenvalue weighted by atomic mass is 10.1. The molecule has 0 aromatic heterocycles. The van der Waals surface area contributed by atoms with E-state index in [1.807, 2.05) is 45.0 Å². The Bertz CT molecular complexity index is 593. The summed E-state index contributed by atoms with van der Waals surface area (Å²) in [6, 6.07) is 7.85. The molecule has 0 bridgehead atoms. The average molecular weight is 347 g/mol. The van der Waals surface area contributed by atoms with Crippen LogP contribution in [-0.4, -0.2) is 36.7 Å². The third kappa shape index (κ3) is 6.05. The van der Waals surface area contributed by atoms with Crippen LogP contribution >= 0.6 is 0 Å². The maximum absolute atomic E-state index is 12.0. The number of hydrogen-bond donors (Lipinski definition) is 3. The Morgan fingerprint density at radius 1 is 1.12 bits per heavy atom. The number of carbonyl (C=O) groups excluding carboxylic acids is 2. The van der Waals surface area contributed by atoms with E-state index in [-0.39, 0.29) is 24.1 Å². The van der Waals surface area contributed by atoms with Crippen molar-refractivity contribution in [1.29, 1.82) is 0 Å². The summed E-state index contributed by atoms with van der Waals surface area (Å²) in [6.07, 6.45) is 2.69. The molecule has 1 aliphatic carbocycles. The van der Waals surface area contributed by atoms with E-state index in [9.17, 15) is 9.59 Å². The van der Waals surface area contributed by atoms with Gasteiger partial charge in [0.25, 0.3) is 5.91 Å². The predicted octanol–water partition coefficient (Wildman–Crippen LogP) is 2.58. The molecule has 3 N–H and O–H groups in total. The molecule has 0 radical (unpaired) electrons. The Morgan fingerprint density at radius 3 is 2.36 bits per heavy atom. The first-order chi connectivity index (χ1) is 11.8. The van der Waals surface area contributed by atoms with Crippen molar-refractivity contribution in [1.82, 2.24) is 16.0 Å². The highest BCUT2D eigenvalue weighted by Gasteiger charge is 2.29. The van der Waals surface area contributed by atoms with Crippen LogP contribution in [-0.2, 0) is 11.3 Å². The summed E-state index contributed by atoms with van der Waals surface area (Å²) in [5.74, 6) is -0.0862. The van der Waals surface area contributed by atoms with Crippen LogP contribution in [0.4, 0.5) is 4.79 Å². The second-order valence-corrected chi connectivity index (χ2v) is 7.45. The van der Waals surface area contributed by atoms with Crippen molar-refractivity contribution in [2.24, 2.45) is 0 Å². The van der Waals surface area contributed by atoms with Gasteiger partial charge in [0.15, 0.2) is 0 Å². The van der Waals surface area contributed by atoms with Gasteiger partial charge < -0.3 is 20.7 Å². The Kier molecular flexibility index (Phi) is 6.42. The molecule has 6 heteroatoms. The van der Waals surface area contributed by atoms with Crippen LogP contribution in [0.5, 0.6) is 0 Å². The van der Waals surface area contributed by atoms with E-state index in [1.165, 1.54) is 0 Å². The molecule has 1 aromatic rings. The minimum absolute atomic E-state index is 0.0833. The van der Waals surface area contributed by atoms with E-state index in [4.69, 9.17) is 4.74 Å². The zero-order valence-electron chi connectivity index (χ0n) is 15.5. The first kappa shape index (κ1) is 19.2. The van der Waals surface area contributed by atoms with Crippen LogP contribution < -0.4 is 16.0 Å². The first-order valence-electron chi connectivity index (χ1n) is 8.82. The Morgan fingerprint density at radius 2 is 1.76 bits per heavy atom. The number of rotatable bonds is 5. The average Bonchev–Trinajstić information content (AvgIpc) is 2.97. The molecule has 0 aliphatic heterocycles. The highest BCUT2D eigenvalue weighted by Crippen LogP contribution is 2.20. The van der Waals surface area contributed by atoms with Gasteiger partial charge in [-0.15, -0.1) is 0 Å². The van der Waals surface area contributed by atoms with Crippen molar-refractivity contribution in [2.45, 2.75) is 64.3 Å². The van der Waals surface area contributed by atoms with Crippen molar-refractivity contribution in [3.8, 4) is 0 Å². The van der Waals surface area contributed by atoms with Crippen LogP contribution in [0.1, 0.15) is 56.0 Å². The third-order valence-corrected chi connectivity index (χ3v) is 4.23. The molecule has 25 heavy (non-hydrogen) atoms. The summed E-state index contributed by atoms with van der Waals surface area (Å²) in [5, 5.41) is 9.10. The van der Waals surface area contributed by atoms with E-state index >= 15 is 0 Å². The molecule has 6 nitrogen and oxygen atoms in total. The van der Waals surface area contributed by atoms with Gasteiger partial charge in [-0.1, -0.05) is 12.1 Å². The molecule has 0 saturated heterocycles. The van der Waals surface area contributed by atoms with Crippen molar-refractivity contribution in [2.75, 3.05) is 7.05 Å². The van der Waals surface area contributed by atoms with Gasteiger partial charge in [-0.2, -0.15) is 0 Å². The molecule has 2 amide bonds. The van der Waals surface area contributed by atoms with Crippen molar-refractivity contribution >= 4 is 12.0 Å². The number of carbonyl (C=O) groups is 2. The fourth-order valence-corrected chi connectivity index (χ4v) is 3.00. The highest BCUT2D eigenvalue weighted by molar-refractivity contribution is 5.93. The summed E-state index contributed by atoms with van der Waals surface area (Å²) in [7, 11) is 1.62. The van der Waals surface area contributed by atoms with E-state index in [0.717, 1.165) is 24.8 Å². The van der Waals surface area contributed by atoms with E-state index in [1.54, 1.807) is 7.05 Å². The fraction of sp³-hybridized carbons (Fsp3) is 0.579. The topological polar surface area (TPSA) is 79.5 Å². The van der Waals surface area contributed by atoms with Gasteiger partial charge >= 0.3 is 6.09 Å². The normalized spacial score (nSPS) is 20.2. The summed E-state index contributed by atoms with van der Waals surface area (Å²) < 4.78 is 5.34. The Labute approximate surface area is 149 Å². The summed E-state index contributed by atoms with van der Waals surface area (Å²) in [4.78, 5) is 23.5. The maximum atomic E-state index is 12.0. The van der Waals surface area contributed by atoms with E-state index in [0.29, 0.717) is 12.1 Å². The van der Waals surface area contributed by atoms with Gasteiger partial charge in [-0.3, -0.25) is 4.79 Å². The standard InChI is InChI=1S/C19H29N3O3/c1-19(2,3)25-18(24)22-16-7-5-6-15(16)21-12-13-8-10-14(11-9-13)17(23)20-4/h8-11,15-16,21H,5-7,12H2,1-4H3,(H,20,23)(H,22,24). The second-order valence-electron chi connectivity index (χ2n) is 7.45. The fourth-order valence-electron chi connectivity index (χ4n) is 3.00. The number of benzene rings is 1. The van der Waals surface area contributed by atoms with E-state index in [2.05, 4.69) is 16.0 Å². The van der Waals surface area contributed by atoms with Crippen molar-refractivity contribution in [3.63, 3.8) is 0 Å². The molecule has 138 valence electrons. The molecule has 2 atom stereocenters. The van der Waals surface area contributed by atoms with Crippen molar-refractivity contribution in [3.05, 3.63) is 35.4 Å². The zero-order valence-corrected chi connectivity index (χ0v) is 15.5. The SMILES string of the molecule is CNC(=O)c1ccc(CNC2CCCC2NC(=O)OC(C)(C)C)cc1. The first-order valence-corrected chi connectivity index (χ1v) is 8.82. The molecule has 2 unspecified atom stereocenters. The number of amides is 2. The number of nitrogens with one attached hydrogen (secondary N) is 3. The summed E-state index contributed by atoms with van der Waals surface area (Å²) >= 11 is 0. The number of hydrogen-bond acceptors (Lipinski definition) is 4. The van der Waals surface area contributed by atoms with Crippen LogP contribution in [0.3, 0.4) is 0 Å². The molecule has 2 rings (SSSR count). The molecule has 0 heterocycles. The lowest BCUT2D eigenvalue weighted by Gasteiger charge is -2.25. The maximum Gasteiger partial charge on any atom is 0.407 e. The van der Waals surface area contributed by atoms with Crippen molar-refractivity contribution < 1.29 is 14.3 Å². The number of alkyl carbamates (subject to hydrolysis) is 1. The van der Waals surface area contributed by atoms with Crippen LogP contribution in [0.25, 0.3) is 0 Å². The van der Waals surface area contributed by atoms with E-state index < -0.39 is 5.60 Å². The van der Waals surface area contributed by atoms with Gasteiger partial charge in [0.1, 0.15) is 5.60 Å². The van der Waals surface area contributed by atoms with Crippen LogP contribution in [0, 0.1) is 0 Å². The lowest BCUT2D eigenvalue weighted by Crippen LogP contribution is -2.47. The smallest absolute Gasteiger partial charge is 0.407 e. The summed E-state index contributed by atoms with van der Waals surface area (Å²) in [5.41, 5.74) is 1.27. The van der Waals surface area contributed by atoms with Gasteiger partial charge in [0, 0.05) is 31.2 Å². The summed E-state index contributed by atoms with van der Waals surface area (Å²) in [6.45, 7) is 6.28. The Hall–Kier alpha value is -2.08. The molecular formula is C19H29N3O3. The van der Waals surface area contributed by atoms with Gasteiger partial charge in [-0.05, 0) is 57.7 Å². The third-order valence-electron chi connectivity index (χ3n) is 4.23. The minimum Gasteiger partial charge on any atom is -0.444 e. The molecule has 1 fully saturated rings. The predicted molar refractivity (Wildman–Crippen MR) is 97.5 cm³/mol. The monoisotopic (exact) mass is 347 g/mol. The number of ether oxygens (including phenoxy) is 1. The lowest BCUT2D eigenvalue weighted by molar-refractivity contribution is 0.0498. The Balaban J connectivity index is 1.85. The zero-order chi connectivity index (χ0) is 18.4. The molecule has 1 aliphatic rings. The molecule has 1 saturated carbocycles.